The van der Waals surface area contributed by atoms with E-state index in [0.29, 0.717) is 22.3 Å². The van der Waals surface area contributed by atoms with E-state index < -0.39 is 23.5 Å². The number of pyridine rings is 1. The molecule has 7 nitrogen and oxygen atoms in total. The van der Waals surface area contributed by atoms with E-state index in [1.165, 1.54) is 38.2 Å². The first kappa shape index (κ1) is 30.9. The SMILES string of the molecule is COc1cccc(C(=O)c2ccc(C(=O)c3ccc(N(CC4CC4)c4ccc(Cl)cc4)cn3)cc2C(O)C(=O)c2ccccc2)c1. The van der Waals surface area contributed by atoms with Crippen molar-refractivity contribution >= 4 is 40.3 Å². The summed E-state index contributed by atoms with van der Waals surface area (Å²) >= 11 is 6.12. The summed E-state index contributed by atoms with van der Waals surface area (Å²) in [6.45, 7) is 0.829. The van der Waals surface area contributed by atoms with Crippen LogP contribution in [0.15, 0.2) is 115 Å². The predicted octanol–water partition coefficient (Wildman–Crippen LogP) is 7.67. The van der Waals surface area contributed by atoms with Crippen molar-refractivity contribution in [1.29, 1.82) is 0 Å². The van der Waals surface area contributed by atoms with Crippen LogP contribution in [-0.4, -0.2) is 41.1 Å². The Morgan fingerprint density at radius 1 is 0.826 bits per heavy atom. The van der Waals surface area contributed by atoms with Gasteiger partial charge in [0.2, 0.25) is 5.78 Å². The molecule has 6 rings (SSSR count). The number of ketones is 3. The number of ether oxygens (including phenoxy) is 1. The van der Waals surface area contributed by atoms with Gasteiger partial charge in [-0.05, 0) is 79.4 Å². The molecule has 0 radical (unpaired) electrons. The van der Waals surface area contributed by atoms with E-state index in [4.69, 9.17) is 16.3 Å². The van der Waals surface area contributed by atoms with Gasteiger partial charge in [-0.2, -0.15) is 0 Å². The summed E-state index contributed by atoms with van der Waals surface area (Å²) in [7, 11) is 1.50. The number of Topliss-reactive ketones (excluding diaryl/α,β-unsaturated/α-hetero) is 1. The van der Waals surface area contributed by atoms with Gasteiger partial charge < -0.3 is 14.7 Å². The van der Waals surface area contributed by atoms with E-state index in [1.54, 1.807) is 66.9 Å². The van der Waals surface area contributed by atoms with Crippen molar-refractivity contribution in [3.8, 4) is 5.75 Å². The van der Waals surface area contributed by atoms with Crippen LogP contribution in [0.4, 0.5) is 11.4 Å². The fourth-order valence-corrected chi connectivity index (χ4v) is 5.45. The molecule has 1 heterocycles. The molecule has 1 aromatic heterocycles. The van der Waals surface area contributed by atoms with Crippen LogP contribution in [0.2, 0.25) is 5.02 Å². The van der Waals surface area contributed by atoms with Crippen LogP contribution in [0.3, 0.4) is 0 Å². The van der Waals surface area contributed by atoms with E-state index in [9.17, 15) is 19.5 Å². The zero-order valence-corrected chi connectivity index (χ0v) is 25.9. The van der Waals surface area contributed by atoms with Crippen molar-refractivity contribution in [3.05, 3.63) is 154 Å². The zero-order chi connectivity index (χ0) is 32.2. The highest BCUT2D eigenvalue weighted by molar-refractivity contribution is 6.30. The monoisotopic (exact) mass is 630 g/mol. The number of hydrogen-bond donors (Lipinski definition) is 1. The topological polar surface area (TPSA) is 96.8 Å². The first-order chi connectivity index (χ1) is 22.3. The number of hydrogen-bond acceptors (Lipinski definition) is 7. The van der Waals surface area contributed by atoms with Crippen LogP contribution in [0.1, 0.15) is 66.8 Å². The summed E-state index contributed by atoms with van der Waals surface area (Å²) in [5.41, 5.74) is 2.92. The molecule has 0 saturated heterocycles. The maximum Gasteiger partial charge on any atom is 0.211 e. The van der Waals surface area contributed by atoms with Crippen molar-refractivity contribution < 1.29 is 24.2 Å². The third-order valence-electron chi connectivity index (χ3n) is 8.06. The number of halogens is 1. The van der Waals surface area contributed by atoms with Crippen LogP contribution >= 0.6 is 11.6 Å². The second-order valence-corrected chi connectivity index (χ2v) is 11.7. The highest BCUT2D eigenvalue weighted by atomic mass is 35.5. The maximum absolute atomic E-state index is 13.7. The third kappa shape index (κ3) is 6.76. The van der Waals surface area contributed by atoms with Crippen molar-refractivity contribution in [3.63, 3.8) is 0 Å². The Morgan fingerprint density at radius 3 is 2.20 bits per heavy atom. The van der Waals surface area contributed by atoms with Crippen LogP contribution in [-0.2, 0) is 0 Å². The maximum atomic E-state index is 13.7. The molecule has 1 unspecified atom stereocenters. The normalized spacial score (nSPS) is 13.1. The lowest BCUT2D eigenvalue weighted by Crippen LogP contribution is -2.20. The van der Waals surface area contributed by atoms with Gasteiger partial charge in [0.15, 0.2) is 11.6 Å². The quantitative estimate of drug-likeness (QED) is 0.141. The first-order valence-corrected chi connectivity index (χ1v) is 15.3. The molecule has 1 atom stereocenters. The number of benzene rings is 4. The predicted molar refractivity (Wildman–Crippen MR) is 177 cm³/mol. The van der Waals surface area contributed by atoms with Gasteiger partial charge in [0.05, 0.1) is 19.0 Å². The van der Waals surface area contributed by atoms with Crippen LogP contribution in [0.5, 0.6) is 5.75 Å². The number of rotatable bonds is 12. The molecule has 0 spiro atoms. The van der Waals surface area contributed by atoms with Gasteiger partial charge in [-0.3, -0.25) is 19.4 Å². The minimum absolute atomic E-state index is 0.0301. The van der Waals surface area contributed by atoms with E-state index in [-0.39, 0.29) is 27.9 Å². The Kier molecular flexibility index (Phi) is 9.06. The van der Waals surface area contributed by atoms with Crippen molar-refractivity contribution in [2.45, 2.75) is 18.9 Å². The molecule has 46 heavy (non-hydrogen) atoms. The highest BCUT2D eigenvalue weighted by Gasteiger charge is 2.28. The Bertz CT molecular complexity index is 1890. The van der Waals surface area contributed by atoms with Gasteiger partial charge in [-0.1, -0.05) is 60.1 Å². The Morgan fingerprint density at radius 2 is 1.52 bits per heavy atom. The second kappa shape index (κ2) is 13.5. The number of nitrogens with zero attached hydrogens (tertiary/aromatic N) is 2. The molecule has 1 saturated carbocycles. The number of aliphatic hydroxyl groups excluding tert-OH is 1. The third-order valence-corrected chi connectivity index (χ3v) is 8.31. The molecular weight excluding hydrogens is 600 g/mol. The van der Waals surface area contributed by atoms with E-state index >= 15 is 0 Å². The number of methoxy groups -OCH3 is 1. The molecule has 5 aromatic rings. The number of aromatic nitrogens is 1. The number of anilines is 2. The largest absolute Gasteiger partial charge is 0.497 e. The smallest absolute Gasteiger partial charge is 0.211 e. The molecule has 1 aliphatic carbocycles. The van der Waals surface area contributed by atoms with E-state index in [1.807, 2.05) is 30.3 Å². The molecular formula is C38H31ClN2O5. The van der Waals surface area contributed by atoms with Crippen LogP contribution < -0.4 is 9.64 Å². The van der Waals surface area contributed by atoms with Crippen LogP contribution in [0, 0.1) is 5.92 Å². The van der Waals surface area contributed by atoms with Gasteiger partial charge >= 0.3 is 0 Å². The molecule has 230 valence electrons. The van der Waals surface area contributed by atoms with Gasteiger partial charge in [0.1, 0.15) is 17.5 Å². The summed E-state index contributed by atoms with van der Waals surface area (Å²) in [6.07, 6.45) is 2.32. The minimum atomic E-state index is -1.69. The molecule has 0 bridgehead atoms. The molecule has 0 amide bonds. The summed E-state index contributed by atoms with van der Waals surface area (Å²) in [5, 5.41) is 12.0. The average Bonchev–Trinajstić information content (AvgIpc) is 3.94. The Balaban J connectivity index is 1.33. The minimum Gasteiger partial charge on any atom is -0.497 e. The molecule has 1 aliphatic rings. The lowest BCUT2D eigenvalue weighted by molar-refractivity contribution is 0.0744. The lowest BCUT2D eigenvalue weighted by atomic mass is 9.89. The second-order valence-electron chi connectivity index (χ2n) is 11.3. The van der Waals surface area contributed by atoms with E-state index in [0.717, 1.165) is 17.9 Å². The molecule has 4 aromatic carbocycles. The molecule has 1 N–H and O–H groups in total. The molecule has 1 fully saturated rings. The van der Waals surface area contributed by atoms with Gasteiger partial charge in [0, 0.05) is 45.1 Å². The Hall–Kier alpha value is -5.11. The van der Waals surface area contributed by atoms with Crippen molar-refractivity contribution in [2.75, 3.05) is 18.6 Å². The Labute approximate surface area is 272 Å². The van der Waals surface area contributed by atoms with E-state index in [2.05, 4.69) is 9.88 Å². The van der Waals surface area contributed by atoms with Crippen molar-refractivity contribution in [1.82, 2.24) is 4.98 Å². The average molecular weight is 631 g/mol. The number of aliphatic hydroxyl groups is 1. The highest BCUT2D eigenvalue weighted by Crippen LogP contribution is 2.35. The molecule has 0 aliphatic heterocycles. The lowest BCUT2D eigenvalue weighted by Gasteiger charge is -2.25. The first-order valence-electron chi connectivity index (χ1n) is 15.0. The summed E-state index contributed by atoms with van der Waals surface area (Å²) in [5.74, 6) is -0.341. The van der Waals surface area contributed by atoms with Crippen molar-refractivity contribution in [2.24, 2.45) is 5.92 Å². The number of carbonyl (C=O) groups is 3. The number of carbonyl (C=O) groups excluding carboxylic acids is 3. The van der Waals surface area contributed by atoms with Gasteiger partial charge in [-0.25, -0.2) is 0 Å². The standard InChI is InChI=1S/C38H31ClN2O5/c1-46-31-9-5-8-26(20-31)35(42)32-18-12-27(21-33(32)38(45)37(44)25-6-3-2-4-7-25)36(43)34-19-17-30(22-40-34)41(23-24-10-11-24)29-15-13-28(39)14-16-29/h2-9,12-22,24,38,45H,10-11,23H2,1H3. The zero-order valence-electron chi connectivity index (χ0n) is 25.1. The summed E-state index contributed by atoms with van der Waals surface area (Å²) < 4.78 is 5.27. The van der Waals surface area contributed by atoms with Crippen LogP contribution in [0.25, 0.3) is 0 Å². The fraction of sp³-hybridized carbons (Fsp3) is 0.158. The summed E-state index contributed by atoms with van der Waals surface area (Å²) in [4.78, 5) is 47.4. The van der Waals surface area contributed by atoms with Gasteiger partial charge in [0.25, 0.3) is 0 Å². The fourth-order valence-electron chi connectivity index (χ4n) is 5.33. The summed E-state index contributed by atoms with van der Waals surface area (Å²) in [6, 6.07) is 30.4. The molecule has 8 heteroatoms. The van der Waals surface area contributed by atoms with Gasteiger partial charge in [-0.15, -0.1) is 0 Å².